The number of anilines is 1. The van der Waals surface area contributed by atoms with Gasteiger partial charge in [0.25, 0.3) is 5.79 Å². The maximum absolute atomic E-state index is 12.3. The number of halogens is 1. The van der Waals surface area contributed by atoms with Crippen LogP contribution in [-0.2, 0) is 4.79 Å². The fourth-order valence-electron chi connectivity index (χ4n) is 2.41. The first-order valence-corrected chi connectivity index (χ1v) is 7.15. The first-order chi connectivity index (χ1) is 10.4. The lowest BCUT2D eigenvalue weighted by molar-refractivity contribution is -0.182. The lowest BCUT2D eigenvalue weighted by Crippen LogP contribution is -2.42. The molecule has 1 aliphatic rings. The van der Waals surface area contributed by atoms with Crippen molar-refractivity contribution in [3.63, 3.8) is 0 Å². The molecule has 1 atom stereocenters. The van der Waals surface area contributed by atoms with Crippen molar-refractivity contribution >= 4 is 23.2 Å². The predicted octanol–water partition coefficient (Wildman–Crippen LogP) is 1.92. The zero-order valence-electron chi connectivity index (χ0n) is 11.8. The SMILES string of the molecule is Cc1ccc(C2NN(c3ccc(Cl)cc3)C(=O)C2(O)O)cc1. The third-order valence-electron chi connectivity index (χ3n) is 3.67. The number of nitrogens with one attached hydrogen (secondary N) is 1. The Morgan fingerprint density at radius 1 is 1.09 bits per heavy atom. The van der Waals surface area contributed by atoms with E-state index in [9.17, 15) is 15.0 Å². The minimum Gasteiger partial charge on any atom is -0.357 e. The molecule has 0 bridgehead atoms. The Labute approximate surface area is 132 Å². The Hall–Kier alpha value is -1.92. The van der Waals surface area contributed by atoms with Crippen LogP contribution in [0.5, 0.6) is 0 Å². The molecule has 3 N–H and O–H groups in total. The highest BCUT2D eigenvalue weighted by molar-refractivity contribution is 6.30. The molecular formula is C16H15ClN2O3. The lowest BCUT2D eigenvalue weighted by atomic mass is 9.99. The van der Waals surface area contributed by atoms with Crippen LogP contribution in [0, 0.1) is 6.92 Å². The Balaban J connectivity index is 1.95. The molecule has 2 aromatic carbocycles. The van der Waals surface area contributed by atoms with Crippen LogP contribution >= 0.6 is 11.6 Å². The number of aryl methyl sites for hydroxylation is 1. The maximum Gasteiger partial charge on any atom is 0.303 e. The van der Waals surface area contributed by atoms with Crippen LogP contribution in [-0.4, -0.2) is 21.9 Å². The summed E-state index contributed by atoms with van der Waals surface area (Å²) in [6, 6.07) is 12.8. The molecule has 0 spiro atoms. The second kappa shape index (κ2) is 5.37. The number of hydrazine groups is 1. The van der Waals surface area contributed by atoms with Crippen molar-refractivity contribution < 1.29 is 15.0 Å². The molecule has 0 aliphatic carbocycles. The zero-order chi connectivity index (χ0) is 15.9. The van der Waals surface area contributed by atoms with E-state index in [1.807, 2.05) is 19.1 Å². The highest BCUT2D eigenvalue weighted by atomic mass is 35.5. The van der Waals surface area contributed by atoms with Crippen LogP contribution in [0.4, 0.5) is 5.69 Å². The van der Waals surface area contributed by atoms with Gasteiger partial charge in [-0.3, -0.25) is 4.79 Å². The summed E-state index contributed by atoms with van der Waals surface area (Å²) in [5, 5.41) is 22.1. The molecule has 1 saturated heterocycles. The number of carbonyl (C=O) groups is 1. The molecule has 1 aliphatic heterocycles. The van der Waals surface area contributed by atoms with Gasteiger partial charge in [0.2, 0.25) is 0 Å². The number of amides is 1. The molecule has 3 rings (SSSR count). The van der Waals surface area contributed by atoms with Crippen molar-refractivity contribution in [3.8, 4) is 0 Å². The normalized spacial score (nSPS) is 20.5. The second-order valence-electron chi connectivity index (χ2n) is 5.32. The number of rotatable bonds is 2. The third-order valence-corrected chi connectivity index (χ3v) is 3.93. The third kappa shape index (κ3) is 2.48. The largest absolute Gasteiger partial charge is 0.357 e. The Bertz CT molecular complexity index is 698. The first kappa shape index (κ1) is 15.0. The van der Waals surface area contributed by atoms with Gasteiger partial charge >= 0.3 is 5.91 Å². The molecule has 1 heterocycles. The molecule has 5 nitrogen and oxygen atoms in total. The molecule has 0 radical (unpaired) electrons. The molecular weight excluding hydrogens is 304 g/mol. The van der Waals surface area contributed by atoms with Gasteiger partial charge in [0, 0.05) is 5.02 Å². The Morgan fingerprint density at radius 2 is 1.68 bits per heavy atom. The van der Waals surface area contributed by atoms with Gasteiger partial charge in [0.15, 0.2) is 0 Å². The number of aliphatic hydroxyl groups is 2. The van der Waals surface area contributed by atoms with E-state index in [1.165, 1.54) is 0 Å². The number of hydrogen-bond acceptors (Lipinski definition) is 4. The summed E-state index contributed by atoms with van der Waals surface area (Å²) in [4.78, 5) is 12.3. The summed E-state index contributed by atoms with van der Waals surface area (Å²) in [6.07, 6.45) is 0. The van der Waals surface area contributed by atoms with E-state index in [-0.39, 0.29) is 0 Å². The summed E-state index contributed by atoms with van der Waals surface area (Å²) < 4.78 is 0. The Kier molecular flexibility index (Phi) is 3.66. The highest BCUT2D eigenvalue weighted by Crippen LogP contribution is 2.34. The molecule has 0 saturated carbocycles. The van der Waals surface area contributed by atoms with Crippen molar-refractivity contribution in [1.82, 2.24) is 5.43 Å². The van der Waals surface area contributed by atoms with Gasteiger partial charge < -0.3 is 10.2 Å². The van der Waals surface area contributed by atoms with Crippen LogP contribution in [0.25, 0.3) is 0 Å². The number of hydrogen-bond donors (Lipinski definition) is 3. The highest BCUT2D eigenvalue weighted by Gasteiger charge is 2.53. The standard InChI is InChI=1S/C16H15ClN2O3/c1-10-2-4-11(5-3-10)14-16(21,22)15(20)19(18-14)13-8-6-12(17)7-9-13/h2-9,14,18,21-22H,1H3. The van der Waals surface area contributed by atoms with E-state index in [0.29, 0.717) is 16.3 Å². The van der Waals surface area contributed by atoms with Crippen molar-refractivity contribution in [1.29, 1.82) is 0 Å². The summed E-state index contributed by atoms with van der Waals surface area (Å²) in [5.41, 5.74) is 4.98. The number of nitrogens with zero attached hydrogens (tertiary/aromatic N) is 1. The summed E-state index contributed by atoms with van der Waals surface area (Å²) in [7, 11) is 0. The number of benzene rings is 2. The summed E-state index contributed by atoms with van der Waals surface area (Å²) in [5.74, 6) is -3.35. The minimum absolute atomic E-state index is 0.483. The van der Waals surface area contributed by atoms with Crippen LogP contribution < -0.4 is 10.4 Å². The van der Waals surface area contributed by atoms with Gasteiger partial charge in [-0.05, 0) is 36.8 Å². The monoisotopic (exact) mass is 318 g/mol. The first-order valence-electron chi connectivity index (χ1n) is 6.77. The quantitative estimate of drug-likeness (QED) is 0.740. The number of carbonyl (C=O) groups excluding carboxylic acids is 1. The summed E-state index contributed by atoms with van der Waals surface area (Å²) >= 11 is 5.83. The fourth-order valence-corrected chi connectivity index (χ4v) is 2.54. The van der Waals surface area contributed by atoms with Gasteiger partial charge in [0.05, 0.1) is 5.69 Å². The van der Waals surface area contributed by atoms with Crippen molar-refractivity contribution in [2.45, 2.75) is 18.8 Å². The molecule has 0 aromatic heterocycles. The average molecular weight is 319 g/mol. The molecule has 1 unspecified atom stereocenters. The van der Waals surface area contributed by atoms with E-state index >= 15 is 0 Å². The van der Waals surface area contributed by atoms with Crippen LogP contribution in [0.15, 0.2) is 48.5 Å². The van der Waals surface area contributed by atoms with E-state index < -0.39 is 17.7 Å². The smallest absolute Gasteiger partial charge is 0.303 e. The van der Waals surface area contributed by atoms with Crippen molar-refractivity contribution in [3.05, 3.63) is 64.7 Å². The summed E-state index contributed by atoms with van der Waals surface area (Å²) in [6.45, 7) is 1.93. The fraction of sp³-hybridized carbons (Fsp3) is 0.188. The molecule has 114 valence electrons. The molecule has 2 aromatic rings. The second-order valence-corrected chi connectivity index (χ2v) is 5.75. The lowest BCUT2D eigenvalue weighted by Gasteiger charge is -2.20. The van der Waals surface area contributed by atoms with Crippen molar-refractivity contribution in [2.24, 2.45) is 0 Å². The van der Waals surface area contributed by atoms with Crippen LogP contribution in [0.3, 0.4) is 0 Å². The van der Waals surface area contributed by atoms with Crippen molar-refractivity contribution in [2.75, 3.05) is 5.01 Å². The topological polar surface area (TPSA) is 72.8 Å². The molecule has 1 amide bonds. The van der Waals surface area contributed by atoms with E-state index in [0.717, 1.165) is 10.6 Å². The zero-order valence-corrected chi connectivity index (χ0v) is 12.6. The predicted molar refractivity (Wildman–Crippen MR) is 83.2 cm³/mol. The molecule has 22 heavy (non-hydrogen) atoms. The Morgan fingerprint density at radius 3 is 2.27 bits per heavy atom. The van der Waals surface area contributed by atoms with E-state index in [1.54, 1.807) is 36.4 Å². The van der Waals surface area contributed by atoms with E-state index in [4.69, 9.17) is 11.6 Å². The van der Waals surface area contributed by atoms with Gasteiger partial charge in [-0.1, -0.05) is 41.4 Å². The van der Waals surface area contributed by atoms with Crippen LogP contribution in [0.1, 0.15) is 17.2 Å². The van der Waals surface area contributed by atoms with Gasteiger partial charge in [0.1, 0.15) is 6.04 Å². The average Bonchev–Trinajstić information content (AvgIpc) is 2.72. The minimum atomic E-state index is -2.52. The van der Waals surface area contributed by atoms with E-state index in [2.05, 4.69) is 5.43 Å². The van der Waals surface area contributed by atoms with Gasteiger partial charge in [-0.15, -0.1) is 0 Å². The molecule has 1 fully saturated rings. The van der Waals surface area contributed by atoms with Gasteiger partial charge in [-0.25, -0.2) is 10.4 Å². The maximum atomic E-state index is 12.3. The van der Waals surface area contributed by atoms with Gasteiger partial charge in [-0.2, -0.15) is 0 Å². The molecule has 6 heteroatoms. The van der Waals surface area contributed by atoms with Crippen LogP contribution in [0.2, 0.25) is 5.02 Å².